The topological polar surface area (TPSA) is 58.2 Å². The lowest BCUT2D eigenvalue weighted by Gasteiger charge is -2.12. The Kier molecular flexibility index (Phi) is 7.49. The van der Waals surface area contributed by atoms with Crippen LogP contribution in [0.3, 0.4) is 0 Å². The number of anilines is 1. The average Bonchev–Trinajstić information content (AvgIpc) is 2.57. The lowest BCUT2D eigenvalue weighted by atomic mass is 10.2. The Balaban J connectivity index is 1.91. The highest BCUT2D eigenvalue weighted by atomic mass is 35.5. The predicted molar refractivity (Wildman–Crippen MR) is 95.3 cm³/mol. The molecule has 2 N–H and O–H groups in total. The van der Waals surface area contributed by atoms with E-state index in [4.69, 9.17) is 11.6 Å². The van der Waals surface area contributed by atoms with Crippen molar-refractivity contribution in [2.24, 2.45) is 0 Å². The number of hydrogen-bond donors (Lipinski definition) is 2. The van der Waals surface area contributed by atoms with Crippen LogP contribution in [-0.2, 0) is 4.79 Å². The minimum absolute atomic E-state index is 0.0277. The fraction of sp³-hybridized carbons (Fsp3) is 0.176. The maximum atomic E-state index is 13.5. The normalized spacial score (nSPS) is 10.7. The fourth-order valence-electron chi connectivity index (χ4n) is 2.09. The fourth-order valence-corrected chi connectivity index (χ4v) is 3.00. The summed E-state index contributed by atoms with van der Waals surface area (Å²) in [6, 6.07) is 6.82. The van der Waals surface area contributed by atoms with Crippen LogP contribution >= 0.6 is 23.4 Å². The Morgan fingerprint density at radius 3 is 2.56 bits per heavy atom. The van der Waals surface area contributed by atoms with Crippen molar-refractivity contribution in [1.82, 2.24) is 5.32 Å². The van der Waals surface area contributed by atoms with Crippen LogP contribution < -0.4 is 10.6 Å². The largest absolute Gasteiger partial charge is 0.351 e. The van der Waals surface area contributed by atoms with Gasteiger partial charge in [0.25, 0.3) is 11.7 Å². The SMILES string of the molecule is O=C(CCNC(=O)c1ccc(F)cc1F)Nc1cccc(Cl)c1SC(F)F. The Hall–Kier alpha value is -2.26. The van der Waals surface area contributed by atoms with Crippen molar-refractivity contribution < 1.29 is 27.2 Å². The summed E-state index contributed by atoms with van der Waals surface area (Å²) in [6.07, 6.45) is -0.195. The lowest BCUT2D eigenvalue weighted by molar-refractivity contribution is -0.116. The van der Waals surface area contributed by atoms with Gasteiger partial charge >= 0.3 is 0 Å². The van der Waals surface area contributed by atoms with Crippen LogP contribution in [0.2, 0.25) is 5.02 Å². The van der Waals surface area contributed by atoms with Crippen molar-refractivity contribution >= 4 is 40.9 Å². The molecule has 0 aromatic heterocycles. The van der Waals surface area contributed by atoms with E-state index < -0.39 is 29.2 Å². The predicted octanol–water partition coefficient (Wildman–Crippen LogP) is 4.69. The molecule has 10 heteroatoms. The first-order valence-electron chi connectivity index (χ1n) is 7.54. The molecule has 0 aliphatic heterocycles. The molecular weight excluding hydrogens is 408 g/mol. The highest BCUT2D eigenvalue weighted by Crippen LogP contribution is 2.37. The van der Waals surface area contributed by atoms with E-state index in [1.807, 2.05) is 0 Å². The van der Waals surface area contributed by atoms with Crippen molar-refractivity contribution in [2.75, 3.05) is 11.9 Å². The number of nitrogens with one attached hydrogen (secondary N) is 2. The van der Waals surface area contributed by atoms with Gasteiger partial charge in [0.1, 0.15) is 11.6 Å². The molecule has 144 valence electrons. The summed E-state index contributed by atoms with van der Waals surface area (Å²) in [5.74, 6) is -5.93. The molecule has 2 aromatic carbocycles. The minimum atomic E-state index is -2.72. The summed E-state index contributed by atoms with van der Waals surface area (Å²) in [7, 11) is 0. The maximum absolute atomic E-state index is 13.5. The summed E-state index contributed by atoms with van der Waals surface area (Å²) in [5, 5.41) is 4.82. The molecule has 0 unspecified atom stereocenters. The number of thioether (sulfide) groups is 1. The first kappa shape index (κ1) is 21.0. The van der Waals surface area contributed by atoms with Gasteiger partial charge in [-0.2, -0.15) is 8.78 Å². The molecule has 0 fully saturated rings. The monoisotopic (exact) mass is 420 g/mol. The van der Waals surface area contributed by atoms with Crippen molar-refractivity contribution in [1.29, 1.82) is 0 Å². The van der Waals surface area contributed by atoms with E-state index >= 15 is 0 Å². The minimum Gasteiger partial charge on any atom is -0.351 e. The smallest absolute Gasteiger partial charge is 0.289 e. The molecule has 2 rings (SSSR count). The first-order chi connectivity index (χ1) is 12.8. The number of rotatable bonds is 7. The van der Waals surface area contributed by atoms with Crippen LogP contribution in [0.25, 0.3) is 0 Å². The summed E-state index contributed by atoms with van der Waals surface area (Å²) < 4.78 is 51.6. The average molecular weight is 421 g/mol. The molecule has 0 atom stereocenters. The van der Waals surface area contributed by atoms with E-state index in [0.29, 0.717) is 6.07 Å². The highest BCUT2D eigenvalue weighted by molar-refractivity contribution is 7.99. The molecule has 2 aromatic rings. The van der Waals surface area contributed by atoms with Gasteiger partial charge in [0, 0.05) is 19.0 Å². The maximum Gasteiger partial charge on any atom is 0.289 e. The zero-order chi connectivity index (χ0) is 20.0. The van der Waals surface area contributed by atoms with Crippen LogP contribution in [-0.4, -0.2) is 24.1 Å². The number of hydrogen-bond acceptors (Lipinski definition) is 3. The van der Waals surface area contributed by atoms with Gasteiger partial charge in [-0.05, 0) is 24.3 Å². The number of benzene rings is 2. The standard InChI is InChI=1S/C17H13ClF4N2O2S/c18-11-2-1-3-13(15(11)27-17(21)22)24-14(25)6-7-23-16(26)10-5-4-9(19)8-12(10)20/h1-5,8,17H,6-7H2,(H,23,26)(H,24,25). The third kappa shape index (κ3) is 6.14. The second-order valence-electron chi connectivity index (χ2n) is 5.17. The molecule has 0 aliphatic rings. The second kappa shape index (κ2) is 9.61. The van der Waals surface area contributed by atoms with E-state index in [2.05, 4.69) is 10.6 Å². The molecule has 0 saturated carbocycles. The molecule has 0 aliphatic carbocycles. The van der Waals surface area contributed by atoms with Crippen LogP contribution in [0.5, 0.6) is 0 Å². The van der Waals surface area contributed by atoms with Crippen LogP contribution in [0.1, 0.15) is 16.8 Å². The van der Waals surface area contributed by atoms with Gasteiger partial charge in [-0.3, -0.25) is 9.59 Å². The van der Waals surface area contributed by atoms with E-state index in [1.54, 1.807) is 0 Å². The molecule has 0 bridgehead atoms. The summed E-state index contributed by atoms with van der Waals surface area (Å²) >= 11 is 6.07. The molecular formula is C17H13ClF4N2O2S. The van der Waals surface area contributed by atoms with Crippen LogP contribution in [0.15, 0.2) is 41.3 Å². The zero-order valence-corrected chi connectivity index (χ0v) is 15.1. The molecule has 4 nitrogen and oxygen atoms in total. The lowest BCUT2D eigenvalue weighted by Crippen LogP contribution is -2.28. The van der Waals surface area contributed by atoms with E-state index in [0.717, 1.165) is 12.1 Å². The first-order valence-corrected chi connectivity index (χ1v) is 8.80. The van der Waals surface area contributed by atoms with Gasteiger partial charge in [0.05, 0.1) is 21.2 Å². The van der Waals surface area contributed by atoms with Gasteiger partial charge in [-0.25, -0.2) is 8.78 Å². The molecule has 0 radical (unpaired) electrons. The van der Waals surface area contributed by atoms with Gasteiger partial charge in [0.2, 0.25) is 5.91 Å². The summed E-state index contributed by atoms with van der Waals surface area (Å²) in [5.41, 5.74) is -0.240. The third-order valence-electron chi connectivity index (χ3n) is 3.26. The number of amides is 2. The number of alkyl halides is 2. The van der Waals surface area contributed by atoms with Gasteiger partial charge in [0.15, 0.2) is 0 Å². The Labute approximate surface area is 161 Å². The number of carbonyl (C=O) groups is 2. The molecule has 0 heterocycles. The second-order valence-corrected chi connectivity index (χ2v) is 6.58. The van der Waals surface area contributed by atoms with Crippen LogP contribution in [0.4, 0.5) is 23.2 Å². The van der Waals surface area contributed by atoms with Gasteiger partial charge in [-0.15, -0.1) is 0 Å². The van der Waals surface area contributed by atoms with Crippen molar-refractivity contribution in [2.45, 2.75) is 17.1 Å². The van der Waals surface area contributed by atoms with Crippen molar-refractivity contribution in [3.8, 4) is 0 Å². The van der Waals surface area contributed by atoms with Gasteiger partial charge in [-0.1, -0.05) is 29.4 Å². The zero-order valence-electron chi connectivity index (χ0n) is 13.6. The van der Waals surface area contributed by atoms with Crippen LogP contribution in [0, 0.1) is 11.6 Å². The number of carbonyl (C=O) groups excluding carboxylic acids is 2. The van der Waals surface area contributed by atoms with Gasteiger partial charge < -0.3 is 10.6 Å². The molecule has 27 heavy (non-hydrogen) atoms. The highest BCUT2D eigenvalue weighted by Gasteiger charge is 2.16. The van der Waals surface area contributed by atoms with E-state index in [1.165, 1.54) is 18.2 Å². The van der Waals surface area contributed by atoms with Crippen molar-refractivity contribution in [3.63, 3.8) is 0 Å². The molecule has 2 amide bonds. The third-order valence-corrected chi connectivity index (χ3v) is 4.54. The quantitative estimate of drug-likeness (QED) is 0.504. The van der Waals surface area contributed by atoms with E-state index in [-0.39, 0.29) is 45.9 Å². The van der Waals surface area contributed by atoms with Crippen molar-refractivity contribution in [3.05, 3.63) is 58.6 Å². The summed E-state index contributed by atoms with van der Waals surface area (Å²) in [6.45, 7) is -0.140. The summed E-state index contributed by atoms with van der Waals surface area (Å²) in [4.78, 5) is 23.8. The van der Waals surface area contributed by atoms with E-state index in [9.17, 15) is 27.2 Å². The Morgan fingerprint density at radius 1 is 1.15 bits per heavy atom. The Morgan fingerprint density at radius 2 is 1.89 bits per heavy atom. The number of halogens is 5. The molecule has 0 saturated heterocycles. The Bertz CT molecular complexity index is 852. The molecule has 0 spiro atoms.